The van der Waals surface area contributed by atoms with Crippen LogP contribution in [0.2, 0.25) is 0 Å². The van der Waals surface area contributed by atoms with Crippen LogP contribution < -0.4 is 10.2 Å². The number of halogens is 1. The number of nitrogens with zero attached hydrogens (tertiary/aromatic N) is 2. The first-order valence-electron chi connectivity index (χ1n) is 11.4. The van der Waals surface area contributed by atoms with E-state index in [1.165, 1.54) is 15.9 Å². The number of hydrogen-bond acceptors (Lipinski definition) is 3. The van der Waals surface area contributed by atoms with Crippen LogP contribution in [0, 0.1) is 11.7 Å². The van der Waals surface area contributed by atoms with Gasteiger partial charge in [0.2, 0.25) is 11.8 Å². The zero-order valence-electron chi connectivity index (χ0n) is 19.5. The Morgan fingerprint density at radius 1 is 1.00 bits per heavy atom. The Labute approximate surface area is 198 Å². The molecular formula is C27H28FN3O3. The smallest absolute Gasteiger partial charge is 0.259 e. The van der Waals surface area contributed by atoms with E-state index in [2.05, 4.69) is 5.32 Å². The Balaban J connectivity index is 1.62. The molecule has 0 spiro atoms. The predicted octanol–water partition coefficient (Wildman–Crippen LogP) is 4.13. The maximum atomic E-state index is 14.4. The third-order valence-electron chi connectivity index (χ3n) is 6.09. The Bertz CT molecular complexity index is 1250. The summed E-state index contributed by atoms with van der Waals surface area (Å²) in [6.07, 6.45) is 0. The summed E-state index contributed by atoms with van der Waals surface area (Å²) in [7, 11) is 0. The van der Waals surface area contributed by atoms with Crippen LogP contribution in [0.1, 0.15) is 36.7 Å². The molecule has 0 unspecified atom stereocenters. The van der Waals surface area contributed by atoms with Gasteiger partial charge in [0.05, 0.1) is 5.69 Å². The highest BCUT2D eigenvalue weighted by atomic mass is 19.1. The monoisotopic (exact) mass is 461 g/mol. The zero-order valence-corrected chi connectivity index (χ0v) is 19.5. The van der Waals surface area contributed by atoms with Gasteiger partial charge in [-0.1, -0.05) is 56.3 Å². The van der Waals surface area contributed by atoms with E-state index in [0.717, 1.165) is 10.8 Å². The number of anilines is 1. The first-order valence-corrected chi connectivity index (χ1v) is 11.4. The summed E-state index contributed by atoms with van der Waals surface area (Å²) in [4.78, 5) is 42.3. The maximum Gasteiger partial charge on any atom is 0.259 e. The summed E-state index contributed by atoms with van der Waals surface area (Å²) in [5.41, 5.74) is 1.51. The van der Waals surface area contributed by atoms with Gasteiger partial charge in [-0.2, -0.15) is 0 Å². The molecule has 0 saturated heterocycles. The minimum atomic E-state index is -0.846. The van der Waals surface area contributed by atoms with Gasteiger partial charge >= 0.3 is 0 Å². The summed E-state index contributed by atoms with van der Waals surface area (Å²) in [6.45, 7) is 5.71. The summed E-state index contributed by atoms with van der Waals surface area (Å²) >= 11 is 0. The highest BCUT2D eigenvalue weighted by Gasteiger charge is 2.34. The molecule has 1 N–H and O–H groups in total. The first kappa shape index (κ1) is 23.4. The zero-order chi connectivity index (χ0) is 24.4. The quantitative estimate of drug-likeness (QED) is 0.549. The average Bonchev–Trinajstić information content (AvgIpc) is 3.09. The van der Waals surface area contributed by atoms with Crippen molar-refractivity contribution in [3.8, 4) is 0 Å². The molecule has 0 fully saturated rings. The lowest BCUT2D eigenvalue weighted by Crippen LogP contribution is -2.51. The Morgan fingerprint density at radius 3 is 2.41 bits per heavy atom. The van der Waals surface area contributed by atoms with Gasteiger partial charge in [-0.25, -0.2) is 4.39 Å². The second-order valence-corrected chi connectivity index (χ2v) is 9.00. The van der Waals surface area contributed by atoms with Crippen molar-refractivity contribution in [1.82, 2.24) is 10.2 Å². The molecule has 3 aromatic rings. The first-order chi connectivity index (χ1) is 16.3. The fraction of sp³-hybridized carbons (Fsp3) is 0.296. The van der Waals surface area contributed by atoms with E-state index in [9.17, 15) is 18.8 Å². The largest absolute Gasteiger partial charge is 0.354 e. The van der Waals surface area contributed by atoms with Crippen LogP contribution in [0.3, 0.4) is 0 Å². The van der Waals surface area contributed by atoms with Gasteiger partial charge in [0.1, 0.15) is 18.4 Å². The number of rotatable bonds is 8. The number of carbonyl (C=O) groups is 3. The van der Waals surface area contributed by atoms with E-state index in [1.54, 1.807) is 31.2 Å². The van der Waals surface area contributed by atoms with E-state index < -0.39 is 17.8 Å². The molecule has 176 valence electrons. The number of hydrogen-bond donors (Lipinski definition) is 1. The molecule has 34 heavy (non-hydrogen) atoms. The fourth-order valence-corrected chi connectivity index (χ4v) is 4.21. The molecule has 1 heterocycles. The molecule has 1 atom stereocenters. The molecule has 6 nitrogen and oxygen atoms in total. The molecule has 3 aromatic carbocycles. The molecule has 7 heteroatoms. The van der Waals surface area contributed by atoms with Gasteiger partial charge in [-0.3, -0.25) is 19.3 Å². The summed E-state index contributed by atoms with van der Waals surface area (Å²) in [5, 5.41) is 4.57. The lowest BCUT2D eigenvalue weighted by atomic mass is 10.1. The van der Waals surface area contributed by atoms with E-state index in [1.807, 2.05) is 44.2 Å². The molecular weight excluding hydrogens is 433 g/mol. The molecule has 4 rings (SSSR count). The minimum absolute atomic E-state index is 0.0824. The maximum absolute atomic E-state index is 14.4. The number of amides is 3. The Morgan fingerprint density at radius 2 is 1.71 bits per heavy atom. The average molecular weight is 462 g/mol. The van der Waals surface area contributed by atoms with Crippen LogP contribution in [0.5, 0.6) is 0 Å². The van der Waals surface area contributed by atoms with Crippen LogP contribution in [0.15, 0.2) is 60.7 Å². The number of carbonyl (C=O) groups excluding carboxylic acids is 3. The van der Waals surface area contributed by atoms with Gasteiger partial charge in [0, 0.05) is 29.6 Å². The summed E-state index contributed by atoms with van der Waals surface area (Å²) < 4.78 is 14.4. The van der Waals surface area contributed by atoms with E-state index >= 15 is 0 Å². The predicted molar refractivity (Wildman–Crippen MR) is 130 cm³/mol. The third kappa shape index (κ3) is 4.51. The Hall–Kier alpha value is -3.74. The SMILES string of the molecule is CC(C)CNC(=O)[C@@H](C)N(Cc1ccccc1F)C(=O)CN1C(=O)c2cccc3cccc1c23. The lowest BCUT2D eigenvalue weighted by Gasteiger charge is -2.31. The van der Waals surface area contributed by atoms with Gasteiger partial charge < -0.3 is 10.2 Å². The van der Waals surface area contributed by atoms with Gasteiger partial charge in [0.25, 0.3) is 5.91 Å². The van der Waals surface area contributed by atoms with Crippen LogP contribution in [-0.2, 0) is 16.1 Å². The highest BCUT2D eigenvalue weighted by Crippen LogP contribution is 2.37. The van der Waals surface area contributed by atoms with Crippen molar-refractivity contribution in [3.05, 3.63) is 77.6 Å². The summed E-state index contributed by atoms with van der Waals surface area (Å²) in [5.74, 6) is -1.23. The number of nitrogens with one attached hydrogen (secondary N) is 1. The normalized spacial score (nSPS) is 13.4. The van der Waals surface area contributed by atoms with Crippen molar-refractivity contribution >= 4 is 34.2 Å². The highest BCUT2D eigenvalue weighted by molar-refractivity contribution is 6.26. The standard InChI is InChI=1S/C27H28FN3O3/c1-17(2)14-29-26(33)18(3)30(15-20-8-4-5-12-22(20)28)24(32)16-31-23-13-7-10-19-9-6-11-21(25(19)23)27(31)34/h4-13,17-18H,14-16H2,1-3H3,(H,29,33)/t18-/m1/s1. The molecule has 0 aromatic heterocycles. The summed E-state index contributed by atoms with van der Waals surface area (Å²) in [6, 6.07) is 16.4. The van der Waals surface area contributed by atoms with Crippen molar-refractivity contribution < 1.29 is 18.8 Å². The van der Waals surface area contributed by atoms with E-state index in [-0.39, 0.29) is 30.8 Å². The van der Waals surface area contributed by atoms with E-state index in [4.69, 9.17) is 0 Å². The van der Waals surface area contributed by atoms with Crippen molar-refractivity contribution in [2.75, 3.05) is 18.0 Å². The van der Waals surface area contributed by atoms with Crippen LogP contribution in [-0.4, -0.2) is 41.8 Å². The van der Waals surface area contributed by atoms with Gasteiger partial charge in [0.15, 0.2) is 0 Å². The lowest BCUT2D eigenvalue weighted by molar-refractivity contribution is -0.139. The van der Waals surface area contributed by atoms with Gasteiger partial charge in [-0.05, 0) is 36.4 Å². The topological polar surface area (TPSA) is 69.7 Å². The second-order valence-electron chi connectivity index (χ2n) is 9.00. The van der Waals surface area contributed by atoms with Crippen molar-refractivity contribution in [2.45, 2.75) is 33.4 Å². The molecule has 1 aliphatic rings. The molecule has 1 aliphatic heterocycles. The molecule has 0 aliphatic carbocycles. The number of benzene rings is 3. The third-order valence-corrected chi connectivity index (χ3v) is 6.09. The van der Waals surface area contributed by atoms with Crippen molar-refractivity contribution in [2.24, 2.45) is 5.92 Å². The van der Waals surface area contributed by atoms with Gasteiger partial charge in [-0.15, -0.1) is 0 Å². The van der Waals surface area contributed by atoms with Crippen molar-refractivity contribution in [3.63, 3.8) is 0 Å². The van der Waals surface area contributed by atoms with Crippen LogP contribution in [0.25, 0.3) is 10.8 Å². The van der Waals surface area contributed by atoms with Crippen LogP contribution in [0.4, 0.5) is 10.1 Å². The second kappa shape index (κ2) is 9.63. The molecule has 0 radical (unpaired) electrons. The Kier molecular flexibility index (Phi) is 6.63. The van der Waals surface area contributed by atoms with Crippen molar-refractivity contribution in [1.29, 1.82) is 0 Å². The molecule has 3 amide bonds. The minimum Gasteiger partial charge on any atom is -0.354 e. The molecule has 0 saturated carbocycles. The van der Waals surface area contributed by atoms with E-state index in [0.29, 0.717) is 23.4 Å². The van der Waals surface area contributed by atoms with Crippen LogP contribution >= 0.6 is 0 Å². The fourth-order valence-electron chi connectivity index (χ4n) is 4.21. The molecule has 0 bridgehead atoms.